The van der Waals surface area contributed by atoms with Gasteiger partial charge in [-0.05, 0) is 32.4 Å². The zero-order valence-corrected chi connectivity index (χ0v) is 7.73. The summed E-state index contributed by atoms with van der Waals surface area (Å²) in [4.78, 5) is 10.8. The minimum atomic E-state index is 0.218. The maximum absolute atomic E-state index is 10.8. The predicted octanol–water partition coefficient (Wildman–Crippen LogP) is 0.655. The number of carbonyl (C=O) groups excluding carboxylic acids is 1. The molecule has 0 spiro atoms. The van der Waals surface area contributed by atoms with Crippen LogP contribution in [-0.4, -0.2) is 25.0 Å². The van der Waals surface area contributed by atoms with Crippen LogP contribution >= 0.6 is 0 Å². The number of carbonyl (C=O) groups is 1. The SMILES string of the molecule is CCCNCC[C@@H]1CCC(=O)N1. The Hall–Kier alpha value is -0.570. The molecule has 1 aliphatic heterocycles. The Labute approximate surface area is 73.9 Å². The number of rotatable bonds is 5. The lowest BCUT2D eigenvalue weighted by molar-refractivity contribution is -0.119. The lowest BCUT2D eigenvalue weighted by Gasteiger charge is -2.09. The highest BCUT2D eigenvalue weighted by Crippen LogP contribution is 2.08. The summed E-state index contributed by atoms with van der Waals surface area (Å²) in [6.07, 6.45) is 3.99. The maximum atomic E-state index is 10.8. The second-order valence-electron chi connectivity index (χ2n) is 3.34. The van der Waals surface area contributed by atoms with Gasteiger partial charge in [-0.2, -0.15) is 0 Å². The van der Waals surface area contributed by atoms with Crippen LogP contribution in [0.1, 0.15) is 32.6 Å². The summed E-state index contributed by atoms with van der Waals surface area (Å²) in [7, 11) is 0. The van der Waals surface area contributed by atoms with Crippen LogP contribution in [-0.2, 0) is 4.79 Å². The standard InChI is InChI=1S/C9H18N2O/c1-2-6-10-7-5-8-3-4-9(12)11-8/h8,10H,2-7H2,1H3,(H,11,12)/t8-/m0/s1. The fraction of sp³-hybridized carbons (Fsp3) is 0.889. The Kier molecular flexibility index (Phi) is 4.08. The van der Waals surface area contributed by atoms with Crippen molar-refractivity contribution in [3.05, 3.63) is 0 Å². The zero-order valence-electron chi connectivity index (χ0n) is 7.73. The van der Waals surface area contributed by atoms with Crippen LogP contribution in [0, 0.1) is 0 Å². The molecule has 0 unspecified atom stereocenters. The van der Waals surface area contributed by atoms with Gasteiger partial charge in [0.2, 0.25) is 5.91 Å². The lowest BCUT2D eigenvalue weighted by atomic mass is 10.1. The summed E-state index contributed by atoms with van der Waals surface area (Å²) in [6.45, 7) is 4.27. The molecule has 1 saturated heterocycles. The van der Waals surface area contributed by atoms with Gasteiger partial charge in [0.05, 0.1) is 0 Å². The maximum Gasteiger partial charge on any atom is 0.220 e. The van der Waals surface area contributed by atoms with Crippen LogP contribution < -0.4 is 10.6 Å². The van der Waals surface area contributed by atoms with E-state index in [0.29, 0.717) is 6.04 Å². The number of hydrogen-bond donors (Lipinski definition) is 2. The largest absolute Gasteiger partial charge is 0.353 e. The first-order valence-electron chi connectivity index (χ1n) is 4.83. The molecule has 1 amide bonds. The molecule has 70 valence electrons. The summed E-state index contributed by atoms with van der Waals surface area (Å²) in [5, 5.41) is 6.28. The van der Waals surface area contributed by atoms with Gasteiger partial charge in [-0.15, -0.1) is 0 Å². The van der Waals surface area contributed by atoms with Gasteiger partial charge in [0.25, 0.3) is 0 Å². The molecule has 1 fully saturated rings. The van der Waals surface area contributed by atoms with Gasteiger partial charge >= 0.3 is 0 Å². The van der Waals surface area contributed by atoms with Crippen molar-refractivity contribution in [2.75, 3.05) is 13.1 Å². The zero-order chi connectivity index (χ0) is 8.81. The predicted molar refractivity (Wildman–Crippen MR) is 48.9 cm³/mol. The minimum Gasteiger partial charge on any atom is -0.353 e. The Morgan fingerprint density at radius 3 is 3.00 bits per heavy atom. The van der Waals surface area contributed by atoms with E-state index in [9.17, 15) is 4.79 Å². The molecule has 1 aliphatic rings. The molecule has 1 rings (SSSR count). The van der Waals surface area contributed by atoms with Crippen LogP contribution in [0.4, 0.5) is 0 Å². The Morgan fingerprint density at radius 2 is 2.42 bits per heavy atom. The third-order valence-corrected chi connectivity index (χ3v) is 2.18. The van der Waals surface area contributed by atoms with Crippen LogP contribution in [0.2, 0.25) is 0 Å². The number of hydrogen-bond acceptors (Lipinski definition) is 2. The lowest BCUT2D eigenvalue weighted by Crippen LogP contribution is -2.29. The Balaban J connectivity index is 1.97. The third-order valence-electron chi connectivity index (χ3n) is 2.18. The highest BCUT2D eigenvalue weighted by molar-refractivity contribution is 5.78. The van der Waals surface area contributed by atoms with Crippen LogP contribution in [0.15, 0.2) is 0 Å². The fourth-order valence-electron chi connectivity index (χ4n) is 1.47. The van der Waals surface area contributed by atoms with Gasteiger partial charge in [-0.3, -0.25) is 4.79 Å². The molecule has 0 saturated carbocycles. The molecule has 0 aliphatic carbocycles. The van der Waals surface area contributed by atoms with Crippen molar-refractivity contribution in [1.82, 2.24) is 10.6 Å². The fourth-order valence-corrected chi connectivity index (χ4v) is 1.47. The van der Waals surface area contributed by atoms with Gasteiger partial charge in [0, 0.05) is 12.5 Å². The molecule has 0 radical (unpaired) electrons. The van der Waals surface area contributed by atoms with Crippen molar-refractivity contribution in [1.29, 1.82) is 0 Å². The molecule has 3 heteroatoms. The molecule has 3 nitrogen and oxygen atoms in total. The second-order valence-corrected chi connectivity index (χ2v) is 3.34. The van der Waals surface area contributed by atoms with E-state index in [1.807, 2.05) is 0 Å². The summed E-state index contributed by atoms with van der Waals surface area (Å²) in [5.74, 6) is 0.218. The van der Waals surface area contributed by atoms with E-state index >= 15 is 0 Å². The molecule has 0 aromatic rings. The highest BCUT2D eigenvalue weighted by Gasteiger charge is 2.19. The van der Waals surface area contributed by atoms with Gasteiger partial charge in [-0.25, -0.2) is 0 Å². The van der Waals surface area contributed by atoms with Crippen molar-refractivity contribution in [3.8, 4) is 0 Å². The van der Waals surface area contributed by atoms with E-state index in [1.165, 1.54) is 6.42 Å². The monoisotopic (exact) mass is 170 g/mol. The normalized spacial score (nSPS) is 22.8. The molecule has 0 aromatic carbocycles. The van der Waals surface area contributed by atoms with E-state index < -0.39 is 0 Å². The van der Waals surface area contributed by atoms with E-state index in [1.54, 1.807) is 0 Å². The van der Waals surface area contributed by atoms with Gasteiger partial charge in [0.15, 0.2) is 0 Å². The van der Waals surface area contributed by atoms with E-state index in [2.05, 4.69) is 17.6 Å². The number of amides is 1. The Morgan fingerprint density at radius 1 is 1.58 bits per heavy atom. The molecule has 12 heavy (non-hydrogen) atoms. The summed E-state index contributed by atoms with van der Waals surface area (Å²) < 4.78 is 0. The summed E-state index contributed by atoms with van der Waals surface area (Å²) >= 11 is 0. The molecular weight excluding hydrogens is 152 g/mol. The first-order valence-corrected chi connectivity index (χ1v) is 4.83. The molecule has 1 atom stereocenters. The van der Waals surface area contributed by atoms with Crippen LogP contribution in [0.5, 0.6) is 0 Å². The highest BCUT2D eigenvalue weighted by atomic mass is 16.1. The van der Waals surface area contributed by atoms with E-state index in [4.69, 9.17) is 0 Å². The van der Waals surface area contributed by atoms with Gasteiger partial charge < -0.3 is 10.6 Å². The van der Waals surface area contributed by atoms with Gasteiger partial charge in [-0.1, -0.05) is 6.92 Å². The average Bonchev–Trinajstić information content (AvgIpc) is 2.45. The van der Waals surface area contributed by atoms with Crippen LogP contribution in [0.3, 0.4) is 0 Å². The van der Waals surface area contributed by atoms with E-state index in [0.717, 1.165) is 32.4 Å². The second kappa shape index (κ2) is 5.14. The quantitative estimate of drug-likeness (QED) is 0.595. The van der Waals surface area contributed by atoms with Gasteiger partial charge in [0.1, 0.15) is 0 Å². The van der Waals surface area contributed by atoms with Crippen molar-refractivity contribution in [3.63, 3.8) is 0 Å². The van der Waals surface area contributed by atoms with Crippen molar-refractivity contribution in [2.45, 2.75) is 38.6 Å². The number of nitrogens with one attached hydrogen (secondary N) is 2. The van der Waals surface area contributed by atoms with E-state index in [-0.39, 0.29) is 5.91 Å². The first-order chi connectivity index (χ1) is 5.83. The van der Waals surface area contributed by atoms with Crippen molar-refractivity contribution < 1.29 is 4.79 Å². The third kappa shape index (κ3) is 3.22. The van der Waals surface area contributed by atoms with Crippen LogP contribution in [0.25, 0.3) is 0 Å². The molecular formula is C9H18N2O. The molecule has 0 aromatic heterocycles. The van der Waals surface area contributed by atoms with Crippen molar-refractivity contribution >= 4 is 5.91 Å². The smallest absolute Gasteiger partial charge is 0.220 e. The van der Waals surface area contributed by atoms with Crippen molar-refractivity contribution in [2.24, 2.45) is 0 Å². The minimum absolute atomic E-state index is 0.218. The first kappa shape index (κ1) is 9.52. The average molecular weight is 170 g/mol. The molecule has 1 heterocycles. The summed E-state index contributed by atoms with van der Waals surface area (Å²) in [5.41, 5.74) is 0. The molecule has 0 bridgehead atoms. The topological polar surface area (TPSA) is 41.1 Å². The summed E-state index contributed by atoms with van der Waals surface area (Å²) in [6, 6.07) is 0.432. The molecule has 2 N–H and O–H groups in total. The Bertz CT molecular complexity index is 147.